The van der Waals surface area contributed by atoms with Gasteiger partial charge in [0.15, 0.2) is 0 Å². The number of halogens is 4. The van der Waals surface area contributed by atoms with Crippen LogP contribution in [-0.4, -0.2) is 5.11 Å². The lowest BCUT2D eigenvalue weighted by atomic mass is 9.95. The number of hydrogen-bond donors (Lipinski definition) is 1. The van der Waals surface area contributed by atoms with Crippen molar-refractivity contribution in [3.8, 4) is 0 Å². The zero-order valence-corrected chi connectivity index (χ0v) is 13.1. The van der Waals surface area contributed by atoms with Gasteiger partial charge in [0, 0.05) is 4.47 Å². The summed E-state index contributed by atoms with van der Waals surface area (Å²) >= 11 is 2.89. The highest BCUT2D eigenvalue weighted by molar-refractivity contribution is 9.10. The second-order valence-electron chi connectivity index (χ2n) is 5.00. The van der Waals surface area contributed by atoms with E-state index in [1.165, 1.54) is 12.1 Å². The Morgan fingerprint density at radius 1 is 1.05 bits per heavy atom. The Morgan fingerprint density at radius 2 is 1.71 bits per heavy atom. The molecule has 5 heteroatoms. The molecule has 1 nitrogen and oxygen atoms in total. The van der Waals surface area contributed by atoms with Crippen molar-refractivity contribution in [2.24, 2.45) is 0 Å². The smallest absolute Gasteiger partial charge is 0.384 e. The van der Waals surface area contributed by atoms with E-state index in [1.54, 1.807) is 6.07 Å². The number of hydrogen-bond acceptors (Lipinski definition) is 1. The summed E-state index contributed by atoms with van der Waals surface area (Å²) in [4.78, 5) is 0. The van der Waals surface area contributed by atoms with Gasteiger partial charge < -0.3 is 5.11 Å². The first-order valence-corrected chi connectivity index (χ1v) is 7.11. The first kappa shape index (κ1) is 16.0. The average Bonchev–Trinajstić information content (AvgIpc) is 2.37. The van der Waals surface area contributed by atoms with Crippen LogP contribution in [0.2, 0.25) is 0 Å². The third kappa shape index (κ3) is 3.47. The van der Waals surface area contributed by atoms with Gasteiger partial charge in [-0.05, 0) is 42.7 Å². The molecule has 0 aromatic heterocycles. The first-order chi connectivity index (χ1) is 9.70. The van der Waals surface area contributed by atoms with Crippen LogP contribution in [0.15, 0.2) is 40.9 Å². The van der Waals surface area contributed by atoms with Crippen molar-refractivity contribution in [3.05, 3.63) is 68.7 Å². The summed E-state index contributed by atoms with van der Waals surface area (Å²) in [7, 11) is 0. The second kappa shape index (κ2) is 5.81. The molecule has 0 fully saturated rings. The molecule has 0 aliphatic rings. The molecule has 0 radical (unpaired) electrons. The molecule has 1 N–H and O–H groups in total. The Morgan fingerprint density at radius 3 is 2.29 bits per heavy atom. The second-order valence-corrected chi connectivity index (χ2v) is 5.85. The van der Waals surface area contributed by atoms with E-state index in [9.17, 15) is 18.3 Å². The van der Waals surface area contributed by atoms with E-state index in [0.29, 0.717) is 5.56 Å². The summed E-state index contributed by atoms with van der Waals surface area (Å²) in [6.07, 6.45) is -5.54. The summed E-state index contributed by atoms with van der Waals surface area (Å²) in [6, 6.07) is 9.24. The fourth-order valence-corrected chi connectivity index (χ4v) is 2.71. The Bertz CT molecular complexity index is 665. The SMILES string of the molecule is Cc1ccc(C(O)c2ccc(Br)c(C(F)(F)F)c2)c(C)c1. The van der Waals surface area contributed by atoms with Gasteiger partial charge in [-0.15, -0.1) is 0 Å². The molecule has 0 saturated heterocycles. The number of alkyl halides is 3. The van der Waals surface area contributed by atoms with Gasteiger partial charge in [-0.25, -0.2) is 0 Å². The predicted molar refractivity (Wildman–Crippen MR) is 79.1 cm³/mol. The van der Waals surface area contributed by atoms with Crippen molar-refractivity contribution in [2.75, 3.05) is 0 Å². The maximum absolute atomic E-state index is 12.9. The molecule has 0 amide bonds. The van der Waals surface area contributed by atoms with E-state index in [2.05, 4.69) is 15.9 Å². The van der Waals surface area contributed by atoms with Crippen LogP contribution in [0.25, 0.3) is 0 Å². The molecule has 0 heterocycles. The van der Waals surface area contributed by atoms with Crippen molar-refractivity contribution in [1.29, 1.82) is 0 Å². The molecule has 1 unspecified atom stereocenters. The largest absolute Gasteiger partial charge is 0.417 e. The number of benzene rings is 2. The Kier molecular flexibility index (Phi) is 4.44. The van der Waals surface area contributed by atoms with Crippen LogP contribution in [0.1, 0.15) is 33.9 Å². The van der Waals surface area contributed by atoms with Crippen LogP contribution in [-0.2, 0) is 6.18 Å². The number of rotatable bonds is 2. The van der Waals surface area contributed by atoms with Gasteiger partial charge in [-0.3, -0.25) is 0 Å². The average molecular weight is 359 g/mol. The number of aliphatic hydroxyl groups excluding tert-OH is 1. The van der Waals surface area contributed by atoms with Gasteiger partial charge in [0.1, 0.15) is 6.10 Å². The van der Waals surface area contributed by atoms with Crippen LogP contribution >= 0.6 is 15.9 Å². The highest BCUT2D eigenvalue weighted by atomic mass is 79.9. The minimum atomic E-state index is -4.46. The van der Waals surface area contributed by atoms with Gasteiger partial charge >= 0.3 is 6.18 Å². The van der Waals surface area contributed by atoms with Gasteiger partial charge in [0.05, 0.1) is 5.56 Å². The molecule has 2 aromatic rings. The van der Waals surface area contributed by atoms with E-state index in [-0.39, 0.29) is 10.0 Å². The summed E-state index contributed by atoms with van der Waals surface area (Å²) in [5.41, 5.74) is 1.92. The van der Waals surface area contributed by atoms with E-state index in [4.69, 9.17) is 0 Å². The fourth-order valence-electron chi connectivity index (χ4n) is 2.24. The number of aryl methyl sites for hydroxylation is 2. The molecule has 112 valence electrons. The van der Waals surface area contributed by atoms with Crippen molar-refractivity contribution in [1.82, 2.24) is 0 Å². The topological polar surface area (TPSA) is 20.2 Å². The summed E-state index contributed by atoms with van der Waals surface area (Å²) in [5.74, 6) is 0. The van der Waals surface area contributed by atoms with E-state index >= 15 is 0 Å². The molecule has 2 rings (SSSR count). The molecule has 0 spiro atoms. The minimum Gasteiger partial charge on any atom is -0.384 e. The third-order valence-corrected chi connectivity index (χ3v) is 4.02. The summed E-state index contributed by atoms with van der Waals surface area (Å²) < 4.78 is 38.7. The predicted octanol–water partition coefficient (Wildman–Crippen LogP) is 5.17. The molecular formula is C16H14BrF3O. The molecular weight excluding hydrogens is 345 g/mol. The zero-order valence-electron chi connectivity index (χ0n) is 11.5. The third-order valence-electron chi connectivity index (χ3n) is 3.33. The lowest BCUT2D eigenvalue weighted by molar-refractivity contribution is -0.138. The van der Waals surface area contributed by atoms with Crippen molar-refractivity contribution >= 4 is 15.9 Å². The van der Waals surface area contributed by atoms with E-state index < -0.39 is 17.8 Å². The van der Waals surface area contributed by atoms with Crippen molar-refractivity contribution in [3.63, 3.8) is 0 Å². The zero-order chi connectivity index (χ0) is 15.8. The monoisotopic (exact) mass is 358 g/mol. The number of aliphatic hydroxyl groups is 1. The highest BCUT2D eigenvalue weighted by Crippen LogP contribution is 2.37. The fraction of sp³-hybridized carbons (Fsp3) is 0.250. The molecule has 0 bridgehead atoms. The quantitative estimate of drug-likeness (QED) is 0.785. The lowest BCUT2D eigenvalue weighted by Crippen LogP contribution is -2.09. The Labute approximate surface area is 129 Å². The normalized spacial score (nSPS) is 13.3. The molecule has 2 aromatic carbocycles. The van der Waals surface area contributed by atoms with Crippen LogP contribution in [0.4, 0.5) is 13.2 Å². The summed E-state index contributed by atoms with van der Waals surface area (Å²) in [6.45, 7) is 3.75. The van der Waals surface area contributed by atoms with Gasteiger partial charge in [0.25, 0.3) is 0 Å². The molecule has 1 atom stereocenters. The van der Waals surface area contributed by atoms with Gasteiger partial charge in [-0.1, -0.05) is 45.8 Å². The standard InChI is InChI=1S/C16H14BrF3O/c1-9-3-5-12(10(2)7-9)15(21)11-4-6-14(17)13(8-11)16(18,19)20/h3-8,15,21H,1-2H3. The van der Waals surface area contributed by atoms with Crippen LogP contribution < -0.4 is 0 Å². The van der Waals surface area contributed by atoms with Crippen LogP contribution in [0, 0.1) is 13.8 Å². The lowest BCUT2D eigenvalue weighted by Gasteiger charge is -2.17. The molecule has 0 aliphatic heterocycles. The van der Waals surface area contributed by atoms with Crippen molar-refractivity contribution < 1.29 is 18.3 Å². The van der Waals surface area contributed by atoms with Crippen molar-refractivity contribution in [2.45, 2.75) is 26.1 Å². The minimum absolute atomic E-state index is 0.0356. The van der Waals surface area contributed by atoms with Gasteiger partial charge in [0.2, 0.25) is 0 Å². The maximum atomic E-state index is 12.9. The summed E-state index contributed by atoms with van der Waals surface area (Å²) in [5, 5.41) is 10.4. The van der Waals surface area contributed by atoms with Crippen LogP contribution in [0.5, 0.6) is 0 Å². The molecule has 0 aliphatic carbocycles. The van der Waals surface area contributed by atoms with E-state index in [1.807, 2.05) is 26.0 Å². The first-order valence-electron chi connectivity index (χ1n) is 6.32. The van der Waals surface area contributed by atoms with Gasteiger partial charge in [-0.2, -0.15) is 13.2 Å². The van der Waals surface area contributed by atoms with E-state index in [0.717, 1.165) is 17.2 Å². The van der Waals surface area contributed by atoms with Crippen LogP contribution in [0.3, 0.4) is 0 Å². The maximum Gasteiger partial charge on any atom is 0.417 e. The highest BCUT2D eigenvalue weighted by Gasteiger charge is 2.33. The Balaban J connectivity index is 2.46. The molecule has 21 heavy (non-hydrogen) atoms. The Hall–Kier alpha value is -1.33. The molecule has 0 saturated carbocycles.